The Balaban J connectivity index is 1.91. The number of nitrogens with one attached hydrogen (secondary N) is 1. The number of H-pyrrole nitrogens is 1. The van der Waals surface area contributed by atoms with Crippen LogP contribution in [0.25, 0.3) is 10.9 Å². The van der Waals surface area contributed by atoms with E-state index in [9.17, 15) is 20.4 Å². The lowest BCUT2D eigenvalue weighted by Crippen LogP contribution is -2.60. The number of rotatable bonds is 3. The van der Waals surface area contributed by atoms with Gasteiger partial charge in [-0.2, -0.15) is 0 Å². The van der Waals surface area contributed by atoms with E-state index >= 15 is 0 Å². The third kappa shape index (κ3) is 2.96. The maximum atomic E-state index is 10.0. The molecule has 2 heterocycles. The summed E-state index contributed by atoms with van der Waals surface area (Å²) >= 11 is 9.58. The van der Waals surface area contributed by atoms with Crippen LogP contribution in [0.2, 0.25) is 5.02 Å². The number of hydrogen-bond acceptors (Lipinski definition) is 6. The average Bonchev–Trinajstić information content (AvgIpc) is 2.95. The molecule has 1 aliphatic heterocycles. The summed E-state index contributed by atoms with van der Waals surface area (Å²) in [5.41, 5.74) is 0.720. The highest BCUT2D eigenvalue weighted by atomic mass is 79.9. The lowest BCUT2D eigenvalue weighted by Gasteiger charge is -2.39. The Morgan fingerprint density at radius 3 is 2.65 bits per heavy atom. The van der Waals surface area contributed by atoms with Crippen molar-refractivity contribution in [3.05, 3.63) is 27.8 Å². The Kier molecular flexibility index (Phi) is 4.84. The fourth-order valence-electron chi connectivity index (χ4n) is 2.51. The van der Waals surface area contributed by atoms with Gasteiger partial charge in [0.2, 0.25) is 6.29 Å². The molecule has 5 N–H and O–H groups in total. The molecule has 1 saturated heterocycles. The van der Waals surface area contributed by atoms with Gasteiger partial charge in [0.25, 0.3) is 0 Å². The van der Waals surface area contributed by atoms with E-state index < -0.39 is 37.3 Å². The van der Waals surface area contributed by atoms with Crippen LogP contribution in [0.5, 0.6) is 5.75 Å². The molecule has 1 aromatic carbocycles. The largest absolute Gasteiger partial charge is 0.460 e. The molecule has 1 aliphatic rings. The summed E-state index contributed by atoms with van der Waals surface area (Å²) in [7, 11) is 0. The van der Waals surface area contributed by atoms with E-state index in [2.05, 4.69) is 20.9 Å². The number of benzene rings is 1. The zero-order chi connectivity index (χ0) is 16.7. The van der Waals surface area contributed by atoms with E-state index in [0.717, 1.165) is 5.52 Å². The Morgan fingerprint density at radius 2 is 1.96 bits per heavy atom. The van der Waals surface area contributed by atoms with Gasteiger partial charge in [-0.3, -0.25) is 0 Å². The molecule has 23 heavy (non-hydrogen) atoms. The van der Waals surface area contributed by atoms with E-state index in [-0.39, 0.29) is 0 Å². The molecule has 1 unspecified atom stereocenters. The molecule has 0 radical (unpaired) electrons. The first-order valence-electron chi connectivity index (χ1n) is 6.86. The average molecular weight is 409 g/mol. The Hall–Kier alpha value is -0.870. The van der Waals surface area contributed by atoms with Gasteiger partial charge < -0.3 is 34.9 Å². The van der Waals surface area contributed by atoms with Crippen LogP contribution in [0, 0.1) is 0 Å². The third-order valence-electron chi connectivity index (χ3n) is 3.79. The van der Waals surface area contributed by atoms with E-state index in [1.54, 1.807) is 18.3 Å². The fraction of sp³-hybridized carbons (Fsp3) is 0.429. The van der Waals surface area contributed by atoms with Crippen molar-refractivity contribution in [2.45, 2.75) is 30.7 Å². The van der Waals surface area contributed by atoms with E-state index in [1.165, 1.54) is 0 Å². The summed E-state index contributed by atoms with van der Waals surface area (Å²) in [6, 6.07) is 3.57. The van der Waals surface area contributed by atoms with Crippen molar-refractivity contribution in [3.8, 4) is 5.75 Å². The van der Waals surface area contributed by atoms with Crippen LogP contribution in [0.15, 0.2) is 22.8 Å². The van der Waals surface area contributed by atoms with Gasteiger partial charge in [-0.25, -0.2) is 0 Å². The number of aromatic amines is 1. The number of ether oxygens (including phenoxy) is 2. The molecule has 126 valence electrons. The summed E-state index contributed by atoms with van der Waals surface area (Å²) in [5.74, 6) is 0.315. The number of halogens is 2. The molecule has 2 aromatic rings. The predicted molar refractivity (Wildman–Crippen MR) is 85.4 cm³/mol. The van der Waals surface area contributed by atoms with Crippen molar-refractivity contribution in [2.24, 2.45) is 0 Å². The highest BCUT2D eigenvalue weighted by Gasteiger charge is 2.44. The van der Waals surface area contributed by atoms with Gasteiger partial charge in [0.1, 0.15) is 30.2 Å². The predicted octanol–water partition coefficient (Wildman–Crippen LogP) is 0.762. The minimum Gasteiger partial charge on any atom is -0.460 e. The zero-order valence-electron chi connectivity index (χ0n) is 11.7. The molecular formula is C14H15BrClNO6. The molecule has 9 heteroatoms. The highest BCUT2D eigenvalue weighted by Crippen LogP contribution is 2.38. The van der Waals surface area contributed by atoms with Crippen LogP contribution in [0.3, 0.4) is 0 Å². The number of hydrogen-bond donors (Lipinski definition) is 5. The standard InChI is InChI=1S/C14H15BrClNO6/c15-5-1-2-6-9(10(5)16)7(3-17-6)22-14-13(21)12(20)11(19)8(4-18)23-14/h1-3,8,11-14,17-21H,4H2/t8-,11-,12+,13+,14?/m1/s1. The third-order valence-corrected chi connectivity index (χ3v) is 5.07. The Labute approximate surface area is 144 Å². The molecule has 3 rings (SSSR count). The number of aliphatic hydroxyl groups excluding tert-OH is 4. The number of aliphatic hydroxyl groups is 4. The van der Waals surface area contributed by atoms with E-state index in [1.807, 2.05) is 0 Å². The van der Waals surface area contributed by atoms with Crippen LogP contribution >= 0.6 is 27.5 Å². The fourth-order valence-corrected chi connectivity index (χ4v) is 3.10. The van der Waals surface area contributed by atoms with Crippen LogP contribution in [0.1, 0.15) is 0 Å². The summed E-state index contributed by atoms with van der Waals surface area (Å²) < 4.78 is 11.6. The van der Waals surface area contributed by atoms with Gasteiger partial charge >= 0.3 is 0 Å². The minimum atomic E-state index is -1.50. The topological polar surface area (TPSA) is 115 Å². The lowest BCUT2D eigenvalue weighted by molar-refractivity contribution is -0.277. The van der Waals surface area contributed by atoms with Gasteiger partial charge in [-0.15, -0.1) is 0 Å². The van der Waals surface area contributed by atoms with Crippen molar-refractivity contribution in [1.82, 2.24) is 4.98 Å². The first-order valence-corrected chi connectivity index (χ1v) is 8.03. The summed E-state index contributed by atoms with van der Waals surface area (Å²) in [6.45, 7) is -0.523. The monoisotopic (exact) mass is 407 g/mol. The summed E-state index contributed by atoms with van der Waals surface area (Å²) in [5, 5.41) is 39.8. The smallest absolute Gasteiger partial charge is 0.229 e. The molecule has 0 aliphatic carbocycles. The number of fused-ring (bicyclic) bond motifs is 1. The first-order chi connectivity index (χ1) is 10.9. The van der Waals surface area contributed by atoms with Gasteiger partial charge in [0, 0.05) is 10.7 Å². The second-order valence-electron chi connectivity index (χ2n) is 5.25. The summed E-state index contributed by atoms with van der Waals surface area (Å²) in [4.78, 5) is 2.98. The maximum absolute atomic E-state index is 10.0. The molecular weight excluding hydrogens is 394 g/mol. The van der Waals surface area contributed by atoms with Crippen molar-refractivity contribution in [3.63, 3.8) is 0 Å². The van der Waals surface area contributed by atoms with Gasteiger partial charge in [0.05, 0.1) is 22.5 Å². The normalized spacial score (nSPS) is 31.5. The molecule has 0 saturated carbocycles. The molecule has 1 aromatic heterocycles. The van der Waals surface area contributed by atoms with Crippen molar-refractivity contribution in [2.75, 3.05) is 6.61 Å². The molecule has 0 amide bonds. The van der Waals surface area contributed by atoms with Crippen molar-refractivity contribution < 1.29 is 29.9 Å². The van der Waals surface area contributed by atoms with Crippen LogP contribution in [-0.2, 0) is 4.74 Å². The first kappa shape index (κ1) is 17.0. The Morgan fingerprint density at radius 1 is 1.22 bits per heavy atom. The molecule has 0 bridgehead atoms. The molecule has 7 nitrogen and oxygen atoms in total. The van der Waals surface area contributed by atoms with Gasteiger partial charge in [-0.05, 0) is 28.1 Å². The molecule has 5 atom stereocenters. The highest BCUT2D eigenvalue weighted by molar-refractivity contribution is 9.10. The van der Waals surface area contributed by atoms with Crippen molar-refractivity contribution >= 4 is 38.4 Å². The Bertz CT molecular complexity index is 708. The van der Waals surface area contributed by atoms with Gasteiger partial charge in [-0.1, -0.05) is 11.6 Å². The summed E-state index contributed by atoms with van der Waals surface area (Å²) in [6.07, 6.45) is -5.17. The quantitative estimate of drug-likeness (QED) is 0.512. The van der Waals surface area contributed by atoms with E-state index in [0.29, 0.717) is 20.6 Å². The lowest BCUT2D eigenvalue weighted by atomic mass is 9.99. The van der Waals surface area contributed by atoms with Gasteiger partial charge in [0.15, 0.2) is 0 Å². The minimum absolute atomic E-state index is 0.315. The molecule has 1 fully saturated rings. The van der Waals surface area contributed by atoms with Crippen LogP contribution in [-0.4, -0.2) is 62.7 Å². The van der Waals surface area contributed by atoms with Crippen LogP contribution < -0.4 is 4.74 Å². The molecule has 0 spiro atoms. The maximum Gasteiger partial charge on any atom is 0.229 e. The number of aromatic nitrogens is 1. The second kappa shape index (κ2) is 6.56. The zero-order valence-corrected chi connectivity index (χ0v) is 14.0. The SMILES string of the molecule is OC[C@H]1OC(Oc2c[nH]c3ccc(Br)c(Cl)c23)[C@@H](O)[C@@H](O)[C@@H]1O. The van der Waals surface area contributed by atoms with Crippen LogP contribution in [0.4, 0.5) is 0 Å². The second-order valence-corrected chi connectivity index (χ2v) is 6.48. The van der Waals surface area contributed by atoms with Crippen molar-refractivity contribution in [1.29, 1.82) is 0 Å². The van der Waals surface area contributed by atoms with E-state index in [4.69, 9.17) is 21.1 Å².